The topological polar surface area (TPSA) is 46.3 Å². The largest absolute Gasteiger partial charge is 0.399 e. The number of carbonyl (C=O) groups excluding carboxylic acids is 1. The first-order chi connectivity index (χ1) is 9.88. The molecule has 21 heavy (non-hydrogen) atoms. The standard InChI is InChI=1S/C16H16Cl2N2O/c1-10-7-12(4-6-15(10)19)16(21)20(2)9-11-3-5-13(17)14(18)8-11/h3-8H,9,19H2,1-2H3. The van der Waals surface area contributed by atoms with Crippen molar-refractivity contribution >= 4 is 34.8 Å². The molecule has 0 saturated carbocycles. The molecule has 2 aromatic carbocycles. The van der Waals surface area contributed by atoms with Crippen molar-refractivity contribution in [3.8, 4) is 0 Å². The summed E-state index contributed by atoms with van der Waals surface area (Å²) in [6.45, 7) is 2.34. The molecule has 0 heterocycles. The maximum Gasteiger partial charge on any atom is 0.253 e. The van der Waals surface area contributed by atoms with Gasteiger partial charge in [-0.25, -0.2) is 0 Å². The smallest absolute Gasteiger partial charge is 0.253 e. The number of halogens is 2. The molecule has 0 saturated heterocycles. The van der Waals surface area contributed by atoms with Gasteiger partial charge in [-0.2, -0.15) is 0 Å². The van der Waals surface area contributed by atoms with Gasteiger partial charge < -0.3 is 10.6 Å². The quantitative estimate of drug-likeness (QED) is 0.862. The number of amides is 1. The summed E-state index contributed by atoms with van der Waals surface area (Å²) in [4.78, 5) is 14.0. The van der Waals surface area contributed by atoms with Crippen LogP contribution in [-0.2, 0) is 6.54 Å². The molecule has 0 aromatic heterocycles. The maximum atomic E-state index is 12.4. The second-order valence-corrected chi connectivity index (χ2v) is 5.80. The fourth-order valence-corrected chi connectivity index (χ4v) is 2.33. The Hall–Kier alpha value is -1.71. The molecule has 0 radical (unpaired) electrons. The fraction of sp³-hybridized carbons (Fsp3) is 0.188. The Morgan fingerprint density at radius 1 is 1.14 bits per heavy atom. The number of nitrogens with zero attached hydrogens (tertiary/aromatic N) is 1. The zero-order chi connectivity index (χ0) is 15.6. The van der Waals surface area contributed by atoms with Gasteiger partial charge in [0.2, 0.25) is 0 Å². The van der Waals surface area contributed by atoms with Gasteiger partial charge in [0, 0.05) is 24.8 Å². The Morgan fingerprint density at radius 3 is 2.48 bits per heavy atom. The van der Waals surface area contributed by atoms with Crippen LogP contribution in [0.4, 0.5) is 5.69 Å². The molecule has 110 valence electrons. The van der Waals surface area contributed by atoms with Gasteiger partial charge in [0.05, 0.1) is 10.0 Å². The van der Waals surface area contributed by atoms with Crippen molar-refractivity contribution in [2.75, 3.05) is 12.8 Å². The lowest BCUT2D eigenvalue weighted by molar-refractivity contribution is 0.0785. The van der Waals surface area contributed by atoms with Crippen molar-refractivity contribution in [1.29, 1.82) is 0 Å². The van der Waals surface area contributed by atoms with E-state index < -0.39 is 0 Å². The van der Waals surface area contributed by atoms with Gasteiger partial charge in [-0.05, 0) is 48.4 Å². The van der Waals surface area contributed by atoms with Crippen molar-refractivity contribution in [2.24, 2.45) is 0 Å². The summed E-state index contributed by atoms with van der Waals surface area (Å²) in [7, 11) is 1.75. The van der Waals surface area contributed by atoms with Gasteiger partial charge in [0.1, 0.15) is 0 Å². The summed E-state index contributed by atoms with van der Waals surface area (Å²) in [5.74, 6) is -0.0656. The number of hydrogen-bond acceptors (Lipinski definition) is 2. The number of anilines is 1. The first-order valence-corrected chi connectivity index (χ1v) is 7.19. The molecule has 0 atom stereocenters. The molecule has 0 unspecified atom stereocenters. The molecule has 0 aliphatic carbocycles. The maximum absolute atomic E-state index is 12.4. The lowest BCUT2D eigenvalue weighted by atomic mass is 10.1. The van der Waals surface area contributed by atoms with E-state index in [1.807, 2.05) is 13.0 Å². The van der Waals surface area contributed by atoms with Crippen molar-refractivity contribution in [3.63, 3.8) is 0 Å². The van der Waals surface area contributed by atoms with Crippen molar-refractivity contribution in [2.45, 2.75) is 13.5 Å². The van der Waals surface area contributed by atoms with Crippen LogP contribution in [-0.4, -0.2) is 17.9 Å². The first-order valence-electron chi connectivity index (χ1n) is 6.44. The van der Waals surface area contributed by atoms with E-state index >= 15 is 0 Å². The van der Waals surface area contributed by atoms with Gasteiger partial charge in [-0.3, -0.25) is 4.79 Å². The van der Waals surface area contributed by atoms with E-state index in [-0.39, 0.29) is 5.91 Å². The molecule has 3 nitrogen and oxygen atoms in total. The van der Waals surface area contributed by atoms with E-state index in [0.717, 1.165) is 11.1 Å². The van der Waals surface area contributed by atoms with Crippen LogP contribution in [0.2, 0.25) is 10.0 Å². The number of nitrogen functional groups attached to an aromatic ring is 1. The van der Waals surface area contributed by atoms with Gasteiger partial charge >= 0.3 is 0 Å². The number of benzene rings is 2. The molecule has 0 aliphatic heterocycles. The Kier molecular flexibility index (Phi) is 4.76. The highest BCUT2D eigenvalue weighted by Gasteiger charge is 2.13. The molecule has 0 fully saturated rings. The van der Waals surface area contributed by atoms with E-state index in [2.05, 4.69) is 0 Å². The van der Waals surface area contributed by atoms with E-state index in [4.69, 9.17) is 28.9 Å². The monoisotopic (exact) mass is 322 g/mol. The first kappa shape index (κ1) is 15.7. The number of rotatable bonds is 3. The number of carbonyl (C=O) groups is 1. The Bertz CT molecular complexity index is 686. The third kappa shape index (κ3) is 3.69. The number of aryl methyl sites for hydroxylation is 1. The van der Waals surface area contributed by atoms with Gasteiger partial charge in [0.25, 0.3) is 5.91 Å². The second-order valence-electron chi connectivity index (χ2n) is 4.98. The molecule has 5 heteroatoms. The SMILES string of the molecule is Cc1cc(C(=O)N(C)Cc2ccc(Cl)c(Cl)c2)ccc1N. The van der Waals surface area contributed by atoms with Gasteiger partial charge in [-0.1, -0.05) is 29.3 Å². The van der Waals surface area contributed by atoms with Crippen molar-refractivity contribution in [3.05, 3.63) is 63.1 Å². The highest BCUT2D eigenvalue weighted by molar-refractivity contribution is 6.42. The third-order valence-electron chi connectivity index (χ3n) is 3.27. The Labute approximate surface area is 134 Å². The summed E-state index contributed by atoms with van der Waals surface area (Å²) >= 11 is 11.9. The highest BCUT2D eigenvalue weighted by atomic mass is 35.5. The van der Waals surface area contributed by atoms with Crippen LogP contribution in [0.3, 0.4) is 0 Å². The zero-order valence-electron chi connectivity index (χ0n) is 11.9. The van der Waals surface area contributed by atoms with Crippen LogP contribution in [0.25, 0.3) is 0 Å². The van der Waals surface area contributed by atoms with E-state index in [1.54, 1.807) is 42.3 Å². The van der Waals surface area contributed by atoms with Crippen LogP contribution in [0.15, 0.2) is 36.4 Å². The van der Waals surface area contributed by atoms with Crippen LogP contribution in [0.1, 0.15) is 21.5 Å². The molecule has 1 amide bonds. The molecular formula is C16H16Cl2N2O. The molecule has 0 spiro atoms. The summed E-state index contributed by atoms with van der Waals surface area (Å²) in [6, 6.07) is 10.6. The van der Waals surface area contributed by atoms with Gasteiger partial charge in [0.15, 0.2) is 0 Å². The van der Waals surface area contributed by atoms with E-state index in [1.165, 1.54) is 0 Å². The van der Waals surface area contributed by atoms with Crippen LogP contribution >= 0.6 is 23.2 Å². The predicted octanol–water partition coefficient (Wildman–Crippen LogP) is 4.16. The molecule has 2 N–H and O–H groups in total. The van der Waals surface area contributed by atoms with Crippen molar-refractivity contribution in [1.82, 2.24) is 4.90 Å². The minimum atomic E-state index is -0.0656. The Morgan fingerprint density at radius 2 is 1.86 bits per heavy atom. The Balaban J connectivity index is 2.15. The molecule has 2 aromatic rings. The normalized spacial score (nSPS) is 10.5. The van der Waals surface area contributed by atoms with E-state index in [9.17, 15) is 4.79 Å². The third-order valence-corrected chi connectivity index (χ3v) is 4.01. The molecular weight excluding hydrogens is 307 g/mol. The summed E-state index contributed by atoms with van der Waals surface area (Å²) in [5, 5.41) is 0.988. The number of nitrogens with two attached hydrogens (primary N) is 1. The predicted molar refractivity (Wildman–Crippen MR) is 87.9 cm³/mol. The summed E-state index contributed by atoms with van der Waals surface area (Å²) in [5.41, 5.74) is 8.88. The lowest BCUT2D eigenvalue weighted by Crippen LogP contribution is -2.26. The van der Waals surface area contributed by atoms with Gasteiger partial charge in [-0.15, -0.1) is 0 Å². The highest BCUT2D eigenvalue weighted by Crippen LogP contribution is 2.23. The van der Waals surface area contributed by atoms with Crippen LogP contribution in [0, 0.1) is 6.92 Å². The minimum absolute atomic E-state index is 0.0656. The average molecular weight is 323 g/mol. The fourth-order valence-electron chi connectivity index (χ4n) is 2.01. The molecule has 0 aliphatic rings. The summed E-state index contributed by atoms with van der Waals surface area (Å²) < 4.78 is 0. The zero-order valence-corrected chi connectivity index (χ0v) is 13.4. The molecule has 2 rings (SSSR count). The molecule has 0 bridgehead atoms. The second kappa shape index (κ2) is 6.37. The van der Waals surface area contributed by atoms with Crippen LogP contribution < -0.4 is 5.73 Å². The lowest BCUT2D eigenvalue weighted by Gasteiger charge is -2.18. The number of hydrogen-bond donors (Lipinski definition) is 1. The van der Waals surface area contributed by atoms with Crippen LogP contribution in [0.5, 0.6) is 0 Å². The van der Waals surface area contributed by atoms with E-state index in [0.29, 0.717) is 27.8 Å². The summed E-state index contributed by atoms with van der Waals surface area (Å²) in [6.07, 6.45) is 0. The minimum Gasteiger partial charge on any atom is -0.399 e. The average Bonchev–Trinajstić information content (AvgIpc) is 2.45. The van der Waals surface area contributed by atoms with Crippen molar-refractivity contribution < 1.29 is 4.79 Å².